The molecule has 1 heterocycles. The summed E-state index contributed by atoms with van der Waals surface area (Å²) in [5.74, 6) is 0.227. The Balaban J connectivity index is 2.09. The number of amides is 1. The molecule has 1 aromatic carbocycles. The van der Waals surface area contributed by atoms with Gasteiger partial charge in [0.05, 0.1) is 6.61 Å². The number of hydrogen-bond donors (Lipinski definition) is 1. The topological polar surface area (TPSA) is 43.8 Å². The first-order valence-corrected chi connectivity index (χ1v) is 8.38. The van der Waals surface area contributed by atoms with Gasteiger partial charge in [-0.05, 0) is 30.0 Å². The Hall–Kier alpha value is -1.46. The fraction of sp³-hybridized carbons (Fsp3) is 0.611. The SMILES string of the molecule is CC(C)C1CN(C(=O)CCO)CCCN1Cc1ccc(F)cc1. The van der Waals surface area contributed by atoms with Crippen LogP contribution in [-0.2, 0) is 11.3 Å². The van der Waals surface area contributed by atoms with Crippen LogP contribution in [0, 0.1) is 11.7 Å². The van der Waals surface area contributed by atoms with Crippen LogP contribution in [0.4, 0.5) is 4.39 Å². The quantitative estimate of drug-likeness (QED) is 0.904. The Kier molecular flexibility index (Phi) is 6.54. The van der Waals surface area contributed by atoms with Gasteiger partial charge >= 0.3 is 0 Å². The normalized spacial score (nSPS) is 19.9. The Morgan fingerprint density at radius 1 is 1.30 bits per heavy atom. The number of benzene rings is 1. The van der Waals surface area contributed by atoms with E-state index >= 15 is 0 Å². The molecule has 5 heteroatoms. The maximum atomic E-state index is 13.1. The highest BCUT2D eigenvalue weighted by atomic mass is 19.1. The van der Waals surface area contributed by atoms with E-state index in [9.17, 15) is 9.18 Å². The zero-order chi connectivity index (χ0) is 16.8. The van der Waals surface area contributed by atoms with Crippen molar-refractivity contribution >= 4 is 5.91 Å². The molecule has 23 heavy (non-hydrogen) atoms. The molecule has 1 aliphatic heterocycles. The summed E-state index contributed by atoms with van der Waals surface area (Å²) >= 11 is 0. The van der Waals surface area contributed by atoms with E-state index in [2.05, 4.69) is 18.7 Å². The molecule has 0 radical (unpaired) electrons. The average molecular weight is 322 g/mol. The molecule has 1 unspecified atom stereocenters. The van der Waals surface area contributed by atoms with Crippen LogP contribution in [0.3, 0.4) is 0 Å². The number of carbonyl (C=O) groups is 1. The minimum atomic E-state index is -0.217. The summed E-state index contributed by atoms with van der Waals surface area (Å²) in [6, 6.07) is 6.91. The fourth-order valence-electron chi connectivity index (χ4n) is 3.20. The summed E-state index contributed by atoms with van der Waals surface area (Å²) < 4.78 is 13.1. The number of halogens is 1. The van der Waals surface area contributed by atoms with Crippen molar-refractivity contribution in [3.8, 4) is 0 Å². The first kappa shape index (κ1) is 17.9. The molecule has 1 atom stereocenters. The van der Waals surface area contributed by atoms with E-state index in [0.717, 1.165) is 31.6 Å². The predicted molar refractivity (Wildman–Crippen MR) is 88.3 cm³/mol. The molecule has 1 N–H and O–H groups in total. The summed E-state index contributed by atoms with van der Waals surface area (Å²) in [6.07, 6.45) is 1.12. The maximum absolute atomic E-state index is 13.1. The molecule has 1 aromatic rings. The van der Waals surface area contributed by atoms with E-state index in [-0.39, 0.29) is 30.8 Å². The molecule has 0 aliphatic carbocycles. The van der Waals surface area contributed by atoms with Crippen molar-refractivity contribution < 1.29 is 14.3 Å². The first-order chi connectivity index (χ1) is 11.0. The van der Waals surface area contributed by atoms with Crippen LogP contribution in [0.2, 0.25) is 0 Å². The lowest BCUT2D eigenvalue weighted by Gasteiger charge is -2.34. The van der Waals surface area contributed by atoms with E-state index in [1.807, 2.05) is 17.0 Å². The molecular formula is C18H27FN2O2. The van der Waals surface area contributed by atoms with Crippen molar-refractivity contribution in [3.05, 3.63) is 35.6 Å². The van der Waals surface area contributed by atoms with Crippen LogP contribution in [-0.4, -0.2) is 53.1 Å². The number of carbonyl (C=O) groups excluding carboxylic acids is 1. The highest BCUT2D eigenvalue weighted by Gasteiger charge is 2.29. The van der Waals surface area contributed by atoms with E-state index < -0.39 is 0 Å². The van der Waals surface area contributed by atoms with Crippen molar-refractivity contribution in [1.29, 1.82) is 0 Å². The number of rotatable bonds is 5. The van der Waals surface area contributed by atoms with Gasteiger partial charge in [0.2, 0.25) is 5.91 Å². The molecule has 1 saturated heterocycles. The molecular weight excluding hydrogens is 295 g/mol. The lowest BCUT2D eigenvalue weighted by Crippen LogP contribution is -2.45. The molecule has 128 valence electrons. The molecule has 1 fully saturated rings. The number of nitrogens with zero attached hydrogens (tertiary/aromatic N) is 2. The van der Waals surface area contributed by atoms with E-state index in [0.29, 0.717) is 12.5 Å². The third kappa shape index (κ3) is 5.01. The van der Waals surface area contributed by atoms with Gasteiger partial charge in [0.15, 0.2) is 0 Å². The average Bonchev–Trinajstić information content (AvgIpc) is 2.72. The second kappa shape index (κ2) is 8.41. The molecule has 1 amide bonds. The number of aliphatic hydroxyl groups is 1. The minimum absolute atomic E-state index is 0.0294. The zero-order valence-corrected chi connectivity index (χ0v) is 14.0. The number of hydrogen-bond acceptors (Lipinski definition) is 3. The summed E-state index contributed by atoms with van der Waals surface area (Å²) in [5.41, 5.74) is 1.09. The molecule has 0 spiro atoms. The highest BCUT2D eigenvalue weighted by molar-refractivity contribution is 5.76. The Morgan fingerprint density at radius 2 is 2.00 bits per heavy atom. The van der Waals surface area contributed by atoms with Gasteiger partial charge in [-0.3, -0.25) is 9.69 Å². The van der Waals surface area contributed by atoms with Crippen LogP contribution < -0.4 is 0 Å². The summed E-state index contributed by atoms with van der Waals surface area (Å²) in [7, 11) is 0. The van der Waals surface area contributed by atoms with E-state index in [1.165, 1.54) is 12.1 Å². The van der Waals surface area contributed by atoms with Crippen LogP contribution in [0.5, 0.6) is 0 Å². The molecule has 1 aliphatic rings. The van der Waals surface area contributed by atoms with Crippen LogP contribution in [0.25, 0.3) is 0 Å². The first-order valence-electron chi connectivity index (χ1n) is 8.38. The van der Waals surface area contributed by atoms with Gasteiger partial charge in [0.1, 0.15) is 5.82 Å². The van der Waals surface area contributed by atoms with Gasteiger partial charge in [0, 0.05) is 38.6 Å². The Bertz CT molecular complexity index is 504. The van der Waals surface area contributed by atoms with Gasteiger partial charge in [-0.2, -0.15) is 0 Å². The molecule has 0 bridgehead atoms. The molecule has 2 rings (SSSR count). The van der Waals surface area contributed by atoms with Crippen LogP contribution >= 0.6 is 0 Å². The Labute approximate surface area is 137 Å². The molecule has 0 saturated carbocycles. The third-order valence-electron chi connectivity index (χ3n) is 4.50. The zero-order valence-electron chi connectivity index (χ0n) is 14.0. The fourth-order valence-corrected chi connectivity index (χ4v) is 3.20. The second-order valence-electron chi connectivity index (χ2n) is 6.58. The smallest absolute Gasteiger partial charge is 0.224 e. The second-order valence-corrected chi connectivity index (χ2v) is 6.58. The standard InChI is InChI=1S/C18H27FN2O2/c1-14(2)17-13-21(18(23)8-11-22)10-3-9-20(17)12-15-4-6-16(19)7-5-15/h4-7,14,17,22H,3,8-13H2,1-2H3. The molecule has 4 nitrogen and oxygen atoms in total. The van der Waals surface area contributed by atoms with Gasteiger partial charge in [-0.1, -0.05) is 26.0 Å². The van der Waals surface area contributed by atoms with Crippen molar-refractivity contribution in [1.82, 2.24) is 9.80 Å². The number of aliphatic hydroxyl groups excluding tert-OH is 1. The van der Waals surface area contributed by atoms with Gasteiger partial charge in [-0.25, -0.2) is 4.39 Å². The van der Waals surface area contributed by atoms with Gasteiger partial charge in [0.25, 0.3) is 0 Å². The van der Waals surface area contributed by atoms with Crippen LogP contribution in [0.1, 0.15) is 32.3 Å². The summed E-state index contributed by atoms with van der Waals surface area (Å²) in [4.78, 5) is 16.4. The lowest BCUT2D eigenvalue weighted by atomic mass is 10.0. The van der Waals surface area contributed by atoms with Crippen LogP contribution in [0.15, 0.2) is 24.3 Å². The highest BCUT2D eigenvalue weighted by Crippen LogP contribution is 2.20. The lowest BCUT2D eigenvalue weighted by molar-refractivity contribution is -0.132. The van der Waals surface area contributed by atoms with Crippen molar-refractivity contribution in [2.75, 3.05) is 26.2 Å². The molecule has 0 aromatic heterocycles. The summed E-state index contributed by atoms with van der Waals surface area (Å²) in [5, 5.41) is 8.99. The minimum Gasteiger partial charge on any atom is -0.396 e. The third-order valence-corrected chi connectivity index (χ3v) is 4.50. The van der Waals surface area contributed by atoms with Crippen molar-refractivity contribution in [2.45, 2.75) is 39.3 Å². The van der Waals surface area contributed by atoms with Crippen molar-refractivity contribution in [3.63, 3.8) is 0 Å². The monoisotopic (exact) mass is 322 g/mol. The Morgan fingerprint density at radius 3 is 2.61 bits per heavy atom. The maximum Gasteiger partial charge on any atom is 0.224 e. The predicted octanol–water partition coefficient (Wildman–Crippen LogP) is 2.27. The van der Waals surface area contributed by atoms with E-state index in [1.54, 1.807) is 0 Å². The summed E-state index contributed by atoms with van der Waals surface area (Å²) in [6.45, 7) is 7.36. The largest absolute Gasteiger partial charge is 0.396 e. The van der Waals surface area contributed by atoms with Gasteiger partial charge < -0.3 is 10.0 Å². The van der Waals surface area contributed by atoms with Crippen molar-refractivity contribution in [2.24, 2.45) is 5.92 Å². The van der Waals surface area contributed by atoms with Gasteiger partial charge in [-0.15, -0.1) is 0 Å². The van der Waals surface area contributed by atoms with E-state index in [4.69, 9.17) is 5.11 Å².